The Labute approximate surface area is 131 Å². The van der Waals surface area contributed by atoms with Crippen LogP contribution in [0.4, 0.5) is 11.5 Å². The number of hydrogen-bond donors (Lipinski definition) is 1. The first-order valence-electron chi connectivity index (χ1n) is 7.25. The summed E-state index contributed by atoms with van der Waals surface area (Å²) < 4.78 is 1.87. The largest absolute Gasteiger partial charge is 0.394 e. The molecular formula is C16H23ClN4. The molecule has 0 spiro atoms. The molecule has 1 aromatic heterocycles. The van der Waals surface area contributed by atoms with Crippen LogP contribution >= 0.6 is 11.6 Å². The van der Waals surface area contributed by atoms with Gasteiger partial charge in [0.2, 0.25) is 0 Å². The first kappa shape index (κ1) is 15.7. The average molecular weight is 307 g/mol. The second-order valence-corrected chi connectivity index (χ2v) is 5.83. The minimum absolute atomic E-state index is 0.189. The van der Waals surface area contributed by atoms with Gasteiger partial charge in [0.05, 0.1) is 17.4 Å². The third-order valence-corrected chi connectivity index (χ3v) is 4.14. The number of nitrogens with two attached hydrogens (primary N) is 1. The van der Waals surface area contributed by atoms with Crippen molar-refractivity contribution in [3.05, 3.63) is 40.5 Å². The quantitative estimate of drug-likeness (QED) is 0.914. The number of nitrogens with zero attached hydrogens (tertiary/aromatic N) is 3. The van der Waals surface area contributed by atoms with Gasteiger partial charge in [-0.05, 0) is 31.0 Å². The average Bonchev–Trinajstić information content (AvgIpc) is 2.73. The van der Waals surface area contributed by atoms with Gasteiger partial charge in [0, 0.05) is 19.1 Å². The van der Waals surface area contributed by atoms with Crippen LogP contribution in [0.2, 0.25) is 5.02 Å². The molecule has 1 aromatic carbocycles. The van der Waals surface area contributed by atoms with Crippen LogP contribution in [0.5, 0.6) is 0 Å². The Balaban J connectivity index is 2.31. The van der Waals surface area contributed by atoms with Crippen molar-refractivity contribution in [2.45, 2.75) is 32.7 Å². The molecular weight excluding hydrogens is 284 g/mol. The van der Waals surface area contributed by atoms with Gasteiger partial charge in [-0.25, -0.2) is 0 Å². The van der Waals surface area contributed by atoms with E-state index < -0.39 is 0 Å². The van der Waals surface area contributed by atoms with Gasteiger partial charge in [-0.15, -0.1) is 0 Å². The number of halogens is 1. The molecule has 2 rings (SSSR count). The van der Waals surface area contributed by atoms with E-state index in [9.17, 15) is 0 Å². The van der Waals surface area contributed by atoms with Crippen LogP contribution in [0.15, 0.2) is 24.3 Å². The van der Waals surface area contributed by atoms with Crippen LogP contribution < -0.4 is 10.6 Å². The predicted molar refractivity (Wildman–Crippen MR) is 89.9 cm³/mol. The number of aromatic nitrogens is 2. The zero-order valence-corrected chi connectivity index (χ0v) is 13.9. The summed E-state index contributed by atoms with van der Waals surface area (Å²) in [5, 5.41) is 5.29. The molecule has 0 bridgehead atoms. The zero-order valence-electron chi connectivity index (χ0n) is 13.1. The van der Waals surface area contributed by atoms with E-state index in [0.29, 0.717) is 0 Å². The van der Waals surface area contributed by atoms with Crippen molar-refractivity contribution in [2.24, 2.45) is 7.05 Å². The monoisotopic (exact) mass is 306 g/mol. The van der Waals surface area contributed by atoms with Gasteiger partial charge in [0.25, 0.3) is 0 Å². The summed E-state index contributed by atoms with van der Waals surface area (Å²) in [5.41, 5.74) is 9.24. The lowest BCUT2D eigenvalue weighted by molar-refractivity contribution is 0.669. The summed E-state index contributed by atoms with van der Waals surface area (Å²) in [6, 6.07) is 8.10. The molecule has 1 unspecified atom stereocenters. The molecule has 4 nitrogen and oxygen atoms in total. The minimum Gasteiger partial charge on any atom is -0.394 e. The molecule has 0 saturated heterocycles. The van der Waals surface area contributed by atoms with Gasteiger partial charge in [0.1, 0.15) is 0 Å². The Morgan fingerprint density at radius 3 is 2.52 bits per heavy atom. The maximum absolute atomic E-state index is 6.29. The summed E-state index contributed by atoms with van der Waals surface area (Å²) in [6.07, 6.45) is 1.94. The first-order chi connectivity index (χ1) is 9.95. The Kier molecular flexibility index (Phi) is 4.78. The molecule has 0 saturated carbocycles. The fourth-order valence-electron chi connectivity index (χ4n) is 2.57. The molecule has 0 fully saturated rings. The van der Waals surface area contributed by atoms with Crippen LogP contribution in [-0.2, 0) is 13.5 Å². The van der Waals surface area contributed by atoms with Crippen molar-refractivity contribution in [3.63, 3.8) is 0 Å². The Bertz CT molecular complexity index is 603. The van der Waals surface area contributed by atoms with Crippen molar-refractivity contribution < 1.29 is 0 Å². The SMILES string of the molecule is CCCc1nn(C)c(N(C)C(C)c2ccc(Cl)cc2)c1N. The third-order valence-electron chi connectivity index (χ3n) is 3.88. The summed E-state index contributed by atoms with van der Waals surface area (Å²) >= 11 is 5.95. The van der Waals surface area contributed by atoms with Gasteiger partial charge in [-0.3, -0.25) is 4.68 Å². The van der Waals surface area contributed by atoms with E-state index in [1.54, 1.807) is 0 Å². The van der Waals surface area contributed by atoms with Crippen molar-refractivity contribution in [3.8, 4) is 0 Å². The number of anilines is 2. The fraction of sp³-hybridized carbons (Fsp3) is 0.438. The molecule has 2 N–H and O–H groups in total. The van der Waals surface area contributed by atoms with Crippen molar-refractivity contribution in [1.29, 1.82) is 0 Å². The van der Waals surface area contributed by atoms with E-state index >= 15 is 0 Å². The second-order valence-electron chi connectivity index (χ2n) is 5.40. The zero-order chi connectivity index (χ0) is 15.6. The van der Waals surface area contributed by atoms with Gasteiger partial charge < -0.3 is 10.6 Å². The molecule has 0 radical (unpaired) electrons. The lowest BCUT2D eigenvalue weighted by Gasteiger charge is -2.27. The second kappa shape index (κ2) is 6.39. The number of aryl methyl sites for hydroxylation is 2. The highest BCUT2D eigenvalue weighted by molar-refractivity contribution is 6.30. The van der Waals surface area contributed by atoms with Crippen LogP contribution in [0.1, 0.15) is 37.6 Å². The van der Waals surface area contributed by atoms with Gasteiger partial charge in [-0.1, -0.05) is 37.1 Å². The molecule has 0 aliphatic heterocycles. The molecule has 5 heteroatoms. The van der Waals surface area contributed by atoms with Crippen LogP contribution in [-0.4, -0.2) is 16.8 Å². The first-order valence-corrected chi connectivity index (χ1v) is 7.63. The van der Waals surface area contributed by atoms with Crippen molar-refractivity contribution in [1.82, 2.24) is 9.78 Å². The van der Waals surface area contributed by atoms with E-state index in [2.05, 4.69) is 23.8 Å². The van der Waals surface area contributed by atoms with Crippen LogP contribution in [0.25, 0.3) is 0 Å². The normalized spacial score (nSPS) is 12.4. The van der Waals surface area contributed by atoms with Gasteiger partial charge >= 0.3 is 0 Å². The van der Waals surface area contributed by atoms with E-state index in [4.69, 9.17) is 17.3 Å². The van der Waals surface area contributed by atoms with Gasteiger partial charge in [0.15, 0.2) is 5.82 Å². The molecule has 114 valence electrons. The highest BCUT2D eigenvalue weighted by Crippen LogP contribution is 2.32. The van der Waals surface area contributed by atoms with E-state index in [0.717, 1.165) is 35.1 Å². The highest BCUT2D eigenvalue weighted by atomic mass is 35.5. The molecule has 1 heterocycles. The van der Waals surface area contributed by atoms with Crippen LogP contribution in [0, 0.1) is 0 Å². The Hall–Kier alpha value is -1.68. The maximum Gasteiger partial charge on any atom is 0.150 e. The minimum atomic E-state index is 0.189. The highest BCUT2D eigenvalue weighted by Gasteiger charge is 2.21. The van der Waals surface area contributed by atoms with Gasteiger partial charge in [-0.2, -0.15) is 5.10 Å². The lowest BCUT2D eigenvalue weighted by atomic mass is 10.1. The molecule has 1 atom stereocenters. The Morgan fingerprint density at radius 1 is 1.33 bits per heavy atom. The van der Waals surface area contributed by atoms with Crippen molar-refractivity contribution in [2.75, 3.05) is 17.7 Å². The molecule has 0 aliphatic carbocycles. The lowest BCUT2D eigenvalue weighted by Crippen LogP contribution is -2.24. The summed E-state index contributed by atoms with van der Waals surface area (Å²) in [7, 11) is 3.98. The summed E-state index contributed by atoms with van der Waals surface area (Å²) in [4.78, 5) is 2.16. The summed E-state index contributed by atoms with van der Waals surface area (Å²) in [5.74, 6) is 0.959. The molecule has 2 aromatic rings. The predicted octanol–water partition coefficient (Wildman–Crippen LogP) is 3.81. The van der Waals surface area contributed by atoms with Crippen LogP contribution in [0.3, 0.4) is 0 Å². The number of hydrogen-bond acceptors (Lipinski definition) is 3. The Morgan fingerprint density at radius 2 is 1.95 bits per heavy atom. The maximum atomic E-state index is 6.29. The topological polar surface area (TPSA) is 47.1 Å². The van der Waals surface area contributed by atoms with E-state index in [1.807, 2.05) is 43.0 Å². The fourth-order valence-corrected chi connectivity index (χ4v) is 2.70. The van der Waals surface area contributed by atoms with E-state index in [1.165, 1.54) is 5.56 Å². The number of rotatable bonds is 5. The molecule has 21 heavy (non-hydrogen) atoms. The summed E-state index contributed by atoms with van der Waals surface area (Å²) in [6.45, 7) is 4.28. The smallest absolute Gasteiger partial charge is 0.150 e. The molecule has 0 aliphatic rings. The number of nitrogen functional groups attached to an aromatic ring is 1. The number of benzene rings is 1. The standard InChI is InChI=1S/C16H23ClN4/c1-5-6-14-15(18)16(21(4)19-14)20(3)11(2)12-7-9-13(17)10-8-12/h7-11H,5-6,18H2,1-4H3. The molecule has 0 amide bonds. The third kappa shape index (κ3) is 3.16. The van der Waals surface area contributed by atoms with Crippen molar-refractivity contribution >= 4 is 23.1 Å². The van der Waals surface area contributed by atoms with E-state index in [-0.39, 0.29) is 6.04 Å².